The second kappa shape index (κ2) is 13.3. The minimum Gasteiger partial charge on any atom is -0.462 e. The van der Waals surface area contributed by atoms with E-state index in [0.717, 1.165) is 44.1 Å². The first-order valence-electron chi connectivity index (χ1n) is 12.2. The van der Waals surface area contributed by atoms with Crippen molar-refractivity contribution < 1.29 is 28.5 Å². The summed E-state index contributed by atoms with van der Waals surface area (Å²) in [5.41, 5.74) is 1.12. The van der Waals surface area contributed by atoms with E-state index in [1.165, 1.54) is 0 Å². The van der Waals surface area contributed by atoms with Crippen molar-refractivity contribution in [3.05, 3.63) is 35.9 Å². The molecule has 32 heavy (non-hydrogen) atoms. The highest BCUT2D eigenvalue weighted by Gasteiger charge is 2.34. The second-order valence-electron chi connectivity index (χ2n) is 9.37. The number of cyclic esters (lactones) is 1. The first-order chi connectivity index (χ1) is 15.6. The van der Waals surface area contributed by atoms with E-state index in [-0.39, 0.29) is 49.7 Å². The Bertz CT molecular complexity index is 666. The summed E-state index contributed by atoms with van der Waals surface area (Å²) in [6.07, 6.45) is 6.16. The normalized spacial score (nSPS) is 31.9. The lowest BCUT2D eigenvalue weighted by atomic mass is 9.89. The van der Waals surface area contributed by atoms with Crippen molar-refractivity contribution in [2.75, 3.05) is 13.9 Å². The van der Waals surface area contributed by atoms with Gasteiger partial charge in [0.05, 0.1) is 37.4 Å². The molecule has 1 aromatic carbocycles. The van der Waals surface area contributed by atoms with Crippen LogP contribution in [-0.4, -0.2) is 50.4 Å². The van der Waals surface area contributed by atoms with E-state index in [1.807, 2.05) is 30.3 Å². The van der Waals surface area contributed by atoms with E-state index in [1.54, 1.807) is 7.11 Å². The standard InChI is InChI=1S/C26H40O6/c1-4-8-21-13-22(28-3)11-19(2)12-24-14-23(15-25(31-24)16-26(27)32-21)30-18-29-17-20-9-6-5-7-10-20/h5-7,9-10,19,21-25H,4,8,11-18H2,1-3H3/t19-,21+,22+,23-,24+,25+/m0/s1. The molecule has 1 aromatic rings. The summed E-state index contributed by atoms with van der Waals surface area (Å²) < 4.78 is 29.7. The highest BCUT2D eigenvalue weighted by Crippen LogP contribution is 2.31. The van der Waals surface area contributed by atoms with Crippen LogP contribution in [0.4, 0.5) is 0 Å². The number of carbonyl (C=O) groups excluding carboxylic acids is 1. The van der Waals surface area contributed by atoms with Crippen LogP contribution in [0.1, 0.15) is 70.8 Å². The lowest BCUT2D eigenvalue weighted by Gasteiger charge is -2.37. The Morgan fingerprint density at radius 2 is 1.78 bits per heavy atom. The molecule has 0 saturated carbocycles. The molecule has 0 aliphatic carbocycles. The molecule has 0 spiro atoms. The van der Waals surface area contributed by atoms with Crippen LogP contribution in [0.5, 0.6) is 0 Å². The fourth-order valence-corrected chi connectivity index (χ4v) is 4.91. The Balaban J connectivity index is 1.57. The minimum atomic E-state index is -0.184. The molecule has 0 amide bonds. The van der Waals surface area contributed by atoms with Crippen molar-refractivity contribution in [1.29, 1.82) is 0 Å². The molecule has 2 aliphatic heterocycles. The van der Waals surface area contributed by atoms with Crippen molar-refractivity contribution in [3.8, 4) is 0 Å². The van der Waals surface area contributed by atoms with Gasteiger partial charge < -0.3 is 23.7 Å². The fraction of sp³-hybridized carbons (Fsp3) is 0.731. The topological polar surface area (TPSA) is 63.2 Å². The summed E-state index contributed by atoms with van der Waals surface area (Å²) in [6, 6.07) is 10.1. The van der Waals surface area contributed by atoms with Crippen LogP contribution >= 0.6 is 0 Å². The van der Waals surface area contributed by atoms with E-state index >= 15 is 0 Å². The maximum absolute atomic E-state index is 12.7. The van der Waals surface area contributed by atoms with Crippen LogP contribution in [-0.2, 0) is 35.1 Å². The average molecular weight is 449 g/mol. The smallest absolute Gasteiger partial charge is 0.308 e. The quantitative estimate of drug-likeness (QED) is 0.316. The molecule has 0 aromatic heterocycles. The van der Waals surface area contributed by atoms with E-state index < -0.39 is 0 Å². The molecule has 2 aliphatic rings. The third kappa shape index (κ3) is 8.47. The van der Waals surface area contributed by atoms with Gasteiger partial charge >= 0.3 is 5.97 Å². The Kier molecular flexibility index (Phi) is 10.4. The predicted molar refractivity (Wildman–Crippen MR) is 122 cm³/mol. The van der Waals surface area contributed by atoms with Gasteiger partial charge in [0.2, 0.25) is 0 Å². The number of methoxy groups -OCH3 is 1. The number of carbonyl (C=O) groups is 1. The number of ether oxygens (including phenoxy) is 5. The van der Waals surface area contributed by atoms with Gasteiger partial charge in [-0.2, -0.15) is 0 Å². The van der Waals surface area contributed by atoms with Crippen molar-refractivity contribution in [2.45, 2.75) is 102 Å². The summed E-state index contributed by atoms with van der Waals surface area (Å²) in [4.78, 5) is 12.7. The molecular formula is C26H40O6. The number of esters is 1. The molecule has 6 atom stereocenters. The number of rotatable bonds is 8. The molecule has 2 heterocycles. The van der Waals surface area contributed by atoms with Gasteiger partial charge in [-0.25, -0.2) is 0 Å². The van der Waals surface area contributed by atoms with Crippen LogP contribution in [0.15, 0.2) is 30.3 Å². The van der Waals surface area contributed by atoms with Crippen molar-refractivity contribution >= 4 is 5.97 Å². The average Bonchev–Trinajstić information content (AvgIpc) is 2.76. The van der Waals surface area contributed by atoms with Gasteiger partial charge in [-0.3, -0.25) is 4.79 Å². The fourth-order valence-electron chi connectivity index (χ4n) is 4.91. The van der Waals surface area contributed by atoms with Gasteiger partial charge in [0, 0.05) is 20.0 Å². The maximum Gasteiger partial charge on any atom is 0.308 e. The van der Waals surface area contributed by atoms with Gasteiger partial charge in [-0.1, -0.05) is 50.6 Å². The lowest BCUT2D eigenvalue weighted by Crippen LogP contribution is -2.40. The molecule has 2 saturated heterocycles. The predicted octanol–water partition coefficient (Wildman–Crippen LogP) is 5.03. The molecule has 3 rings (SSSR count). The van der Waals surface area contributed by atoms with E-state index in [9.17, 15) is 4.79 Å². The lowest BCUT2D eigenvalue weighted by molar-refractivity contribution is -0.174. The summed E-state index contributed by atoms with van der Waals surface area (Å²) >= 11 is 0. The first-order valence-corrected chi connectivity index (χ1v) is 12.2. The molecule has 180 valence electrons. The van der Waals surface area contributed by atoms with Gasteiger partial charge in [0.1, 0.15) is 12.9 Å². The minimum absolute atomic E-state index is 0.0159. The third-order valence-corrected chi connectivity index (χ3v) is 6.43. The van der Waals surface area contributed by atoms with Crippen molar-refractivity contribution in [2.24, 2.45) is 5.92 Å². The number of hydrogen-bond acceptors (Lipinski definition) is 6. The summed E-state index contributed by atoms with van der Waals surface area (Å²) in [6.45, 7) is 5.14. The molecule has 0 radical (unpaired) electrons. The maximum atomic E-state index is 12.7. The Morgan fingerprint density at radius 1 is 1.00 bits per heavy atom. The van der Waals surface area contributed by atoms with Crippen molar-refractivity contribution in [3.63, 3.8) is 0 Å². The zero-order valence-corrected chi connectivity index (χ0v) is 19.9. The van der Waals surface area contributed by atoms with Crippen LogP contribution < -0.4 is 0 Å². The van der Waals surface area contributed by atoms with Crippen LogP contribution in [0.25, 0.3) is 0 Å². The van der Waals surface area contributed by atoms with E-state index in [4.69, 9.17) is 23.7 Å². The van der Waals surface area contributed by atoms with Gasteiger partial charge in [0.25, 0.3) is 0 Å². The second-order valence-corrected chi connectivity index (χ2v) is 9.37. The van der Waals surface area contributed by atoms with Crippen molar-refractivity contribution in [1.82, 2.24) is 0 Å². The molecule has 2 bridgehead atoms. The molecule has 0 N–H and O–H groups in total. The van der Waals surface area contributed by atoms with Gasteiger partial charge in [-0.15, -0.1) is 0 Å². The number of fused-ring (bicyclic) bond motifs is 2. The number of benzene rings is 1. The SMILES string of the molecule is CCC[C@@H]1C[C@H](OC)C[C@H](C)C[C@@H]2C[C@H](OCOCc3ccccc3)C[C@H](CC(=O)O1)O2. The van der Waals surface area contributed by atoms with Crippen LogP contribution in [0.2, 0.25) is 0 Å². The Morgan fingerprint density at radius 3 is 2.53 bits per heavy atom. The highest BCUT2D eigenvalue weighted by molar-refractivity contribution is 5.70. The summed E-state index contributed by atoms with van der Waals surface area (Å²) in [7, 11) is 1.75. The zero-order chi connectivity index (χ0) is 22.8. The number of hydrogen-bond donors (Lipinski definition) is 0. The molecule has 2 fully saturated rings. The van der Waals surface area contributed by atoms with E-state index in [0.29, 0.717) is 18.9 Å². The van der Waals surface area contributed by atoms with E-state index in [2.05, 4.69) is 13.8 Å². The van der Waals surface area contributed by atoms with Crippen LogP contribution in [0.3, 0.4) is 0 Å². The first kappa shape index (κ1) is 25.2. The molecule has 6 nitrogen and oxygen atoms in total. The molecule has 6 heteroatoms. The Labute approximate surface area is 192 Å². The molecular weight excluding hydrogens is 408 g/mol. The molecule has 0 unspecified atom stereocenters. The Hall–Kier alpha value is -1.47. The monoisotopic (exact) mass is 448 g/mol. The summed E-state index contributed by atoms with van der Waals surface area (Å²) in [5, 5.41) is 0. The zero-order valence-electron chi connectivity index (χ0n) is 19.9. The van der Waals surface area contributed by atoms with Crippen LogP contribution in [0, 0.1) is 5.92 Å². The highest BCUT2D eigenvalue weighted by atomic mass is 16.7. The van der Waals surface area contributed by atoms with Gasteiger partial charge in [0.15, 0.2) is 0 Å². The summed E-state index contributed by atoms with van der Waals surface area (Å²) in [5.74, 6) is 0.271. The third-order valence-electron chi connectivity index (χ3n) is 6.43. The largest absolute Gasteiger partial charge is 0.462 e. The van der Waals surface area contributed by atoms with Gasteiger partial charge in [-0.05, 0) is 37.2 Å².